The summed E-state index contributed by atoms with van der Waals surface area (Å²) >= 11 is 0. The molecular formula is C17H24N2O2. The number of carbonyl (C=O) groups is 2. The van der Waals surface area contributed by atoms with Gasteiger partial charge in [0.05, 0.1) is 6.04 Å². The van der Waals surface area contributed by atoms with E-state index in [2.05, 4.69) is 19.2 Å². The van der Waals surface area contributed by atoms with Crippen LogP contribution in [0, 0.1) is 13.8 Å². The molecule has 1 N–H and O–H groups in total. The number of benzene rings is 1. The molecule has 2 rings (SSSR count). The van der Waals surface area contributed by atoms with Gasteiger partial charge < -0.3 is 10.2 Å². The van der Waals surface area contributed by atoms with Crippen molar-refractivity contribution in [3.8, 4) is 0 Å². The van der Waals surface area contributed by atoms with E-state index in [-0.39, 0.29) is 17.9 Å². The summed E-state index contributed by atoms with van der Waals surface area (Å²) in [5, 5.41) is 2.97. The maximum atomic E-state index is 12.2. The Morgan fingerprint density at radius 3 is 2.76 bits per heavy atom. The molecule has 21 heavy (non-hydrogen) atoms. The highest BCUT2D eigenvalue weighted by Gasteiger charge is 2.31. The summed E-state index contributed by atoms with van der Waals surface area (Å²) in [5.41, 5.74) is 3.32. The average molecular weight is 288 g/mol. The number of amides is 2. The molecule has 1 aliphatic heterocycles. The molecule has 0 spiro atoms. The first-order valence-electron chi connectivity index (χ1n) is 7.68. The van der Waals surface area contributed by atoms with Crippen molar-refractivity contribution in [3.63, 3.8) is 0 Å². The molecular weight excluding hydrogens is 264 g/mol. The second kappa shape index (κ2) is 6.74. The van der Waals surface area contributed by atoms with Gasteiger partial charge in [-0.2, -0.15) is 0 Å². The zero-order chi connectivity index (χ0) is 15.4. The third kappa shape index (κ3) is 3.84. The predicted molar refractivity (Wildman–Crippen MR) is 84.3 cm³/mol. The standard InChI is InChI=1S/C17H24N2O2/c1-4-5-6-16(20)18-14-10-17(21)19(11-14)15-8-7-12(2)13(3)9-15/h7-9,14H,4-6,10-11H2,1-3H3,(H,18,20)/t14-/m1/s1. The van der Waals surface area contributed by atoms with E-state index in [1.165, 1.54) is 11.1 Å². The Labute approximate surface area is 126 Å². The SMILES string of the molecule is CCCCC(=O)N[C@@H]1CC(=O)N(c2ccc(C)c(C)c2)C1. The van der Waals surface area contributed by atoms with Gasteiger partial charge in [0.15, 0.2) is 0 Å². The summed E-state index contributed by atoms with van der Waals surface area (Å²) in [6.07, 6.45) is 2.84. The molecule has 4 nitrogen and oxygen atoms in total. The van der Waals surface area contributed by atoms with E-state index in [1.807, 2.05) is 25.1 Å². The molecule has 4 heteroatoms. The highest BCUT2D eigenvalue weighted by molar-refractivity contribution is 5.97. The molecule has 0 saturated carbocycles. The van der Waals surface area contributed by atoms with Gasteiger partial charge in [0, 0.05) is 25.1 Å². The summed E-state index contributed by atoms with van der Waals surface area (Å²) < 4.78 is 0. The lowest BCUT2D eigenvalue weighted by molar-refractivity contribution is -0.121. The Bertz CT molecular complexity index is 540. The molecule has 0 unspecified atom stereocenters. The van der Waals surface area contributed by atoms with Gasteiger partial charge in [-0.3, -0.25) is 9.59 Å². The number of carbonyl (C=O) groups excluding carboxylic acids is 2. The van der Waals surface area contributed by atoms with Gasteiger partial charge >= 0.3 is 0 Å². The summed E-state index contributed by atoms with van der Waals surface area (Å²) in [5.74, 6) is 0.135. The van der Waals surface area contributed by atoms with Crippen molar-refractivity contribution in [2.45, 2.75) is 52.5 Å². The monoisotopic (exact) mass is 288 g/mol. The fraction of sp³-hybridized carbons (Fsp3) is 0.529. The first-order valence-corrected chi connectivity index (χ1v) is 7.68. The fourth-order valence-electron chi connectivity index (χ4n) is 2.58. The van der Waals surface area contributed by atoms with E-state index in [0.29, 0.717) is 19.4 Å². The summed E-state index contributed by atoms with van der Waals surface area (Å²) in [6.45, 7) is 6.73. The van der Waals surface area contributed by atoms with Gasteiger partial charge in [-0.15, -0.1) is 0 Å². The van der Waals surface area contributed by atoms with Gasteiger partial charge in [-0.25, -0.2) is 0 Å². The molecule has 2 amide bonds. The van der Waals surface area contributed by atoms with Crippen molar-refractivity contribution in [1.29, 1.82) is 0 Å². The Hall–Kier alpha value is -1.84. The van der Waals surface area contributed by atoms with Crippen LogP contribution in [0.3, 0.4) is 0 Å². The zero-order valence-electron chi connectivity index (χ0n) is 13.1. The summed E-state index contributed by atoms with van der Waals surface area (Å²) in [4.78, 5) is 25.7. The number of nitrogens with zero attached hydrogens (tertiary/aromatic N) is 1. The Kier molecular flexibility index (Phi) is 4.99. The van der Waals surface area contributed by atoms with Gasteiger partial charge in [0.1, 0.15) is 0 Å². The first kappa shape index (κ1) is 15.5. The molecule has 0 radical (unpaired) electrons. The van der Waals surface area contributed by atoms with Crippen molar-refractivity contribution in [1.82, 2.24) is 5.32 Å². The fourth-order valence-corrected chi connectivity index (χ4v) is 2.58. The van der Waals surface area contributed by atoms with Crippen LogP contribution in [0.2, 0.25) is 0 Å². The number of nitrogens with one attached hydrogen (secondary N) is 1. The van der Waals surface area contributed by atoms with Crippen molar-refractivity contribution in [2.75, 3.05) is 11.4 Å². The van der Waals surface area contributed by atoms with Crippen LogP contribution in [0.25, 0.3) is 0 Å². The highest BCUT2D eigenvalue weighted by Crippen LogP contribution is 2.24. The largest absolute Gasteiger partial charge is 0.351 e. The summed E-state index contributed by atoms with van der Waals surface area (Å²) in [7, 11) is 0. The molecule has 1 heterocycles. The topological polar surface area (TPSA) is 49.4 Å². The Morgan fingerprint density at radius 2 is 2.10 bits per heavy atom. The number of aryl methyl sites for hydroxylation is 2. The van der Waals surface area contributed by atoms with Gasteiger partial charge in [0.25, 0.3) is 0 Å². The van der Waals surface area contributed by atoms with Crippen LogP contribution in [0.15, 0.2) is 18.2 Å². The van der Waals surface area contributed by atoms with Crippen LogP contribution in [0.5, 0.6) is 0 Å². The minimum atomic E-state index is -0.0662. The second-order valence-electron chi connectivity index (χ2n) is 5.85. The maximum absolute atomic E-state index is 12.2. The van der Waals surface area contributed by atoms with E-state index >= 15 is 0 Å². The molecule has 1 atom stereocenters. The van der Waals surface area contributed by atoms with Crippen molar-refractivity contribution >= 4 is 17.5 Å². The first-order chi connectivity index (χ1) is 10.0. The average Bonchev–Trinajstić information content (AvgIpc) is 2.80. The molecule has 114 valence electrons. The molecule has 1 aromatic carbocycles. The third-order valence-electron chi connectivity index (χ3n) is 4.05. The Balaban J connectivity index is 1.99. The molecule has 1 aliphatic rings. The quantitative estimate of drug-likeness (QED) is 0.905. The van der Waals surface area contributed by atoms with Crippen LogP contribution < -0.4 is 10.2 Å². The van der Waals surface area contributed by atoms with Crippen LogP contribution >= 0.6 is 0 Å². The highest BCUT2D eigenvalue weighted by atomic mass is 16.2. The third-order valence-corrected chi connectivity index (χ3v) is 4.05. The van der Waals surface area contributed by atoms with Gasteiger partial charge in [-0.05, 0) is 43.5 Å². The van der Waals surface area contributed by atoms with E-state index < -0.39 is 0 Å². The molecule has 1 aromatic rings. The van der Waals surface area contributed by atoms with Gasteiger partial charge in [0.2, 0.25) is 11.8 Å². The van der Waals surface area contributed by atoms with Crippen LogP contribution in [0.1, 0.15) is 43.7 Å². The van der Waals surface area contributed by atoms with Crippen LogP contribution in [0.4, 0.5) is 5.69 Å². The molecule has 0 bridgehead atoms. The minimum absolute atomic E-state index is 0.0524. The molecule has 0 aliphatic carbocycles. The van der Waals surface area contributed by atoms with Gasteiger partial charge in [-0.1, -0.05) is 19.4 Å². The van der Waals surface area contributed by atoms with Crippen molar-refractivity contribution in [3.05, 3.63) is 29.3 Å². The molecule has 1 saturated heterocycles. The number of unbranched alkanes of at least 4 members (excludes halogenated alkanes) is 1. The number of hydrogen-bond donors (Lipinski definition) is 1. The second-order valence-corrected chi connectivity index (χ2v) is 5.85. The molecule has 1 fully saturated rings. The van der Waals surface area contributed by atoms with E-state index in [0.717, 1.165) is 18.5 Å². The Morgan fingerprint density at radius 1 is 1.33 bits per heavy atom. The lowest BCUT2D eigenvalue weighted by atomic mass is 10.1. The van der Waals surface area contributed by atoms with Crippen LogP contribution in [-0.4, -0.2) is 24.4 Å². The number of rotatable bonds is 5. The van der Waals surface area contributed by atoms with E-state index in [1.54, 1.807) is 4.90 Å². The van der Waals surface area contributed by atoms with Crippen molar-refractivity contribution < 1.29 is 9.59 Å². The van der Waals surface area contributed by atoms with E-state index in [4.69, 9.17) is 0 Å². The minimum Gasteiger partial charge on any atom is -0.351 e. The molecule has 0 aromatic heterocycles. The van der Waals surface area contributed by atoms with Crippen LogP contribution in [-0.2, 0) is 9.59 Å². The maximum Gasteiger partial charge on any atom is 0.229 e. The lowest BCUT2D eigenvalue weighted by Crippen LogP contribution is -2.37. The lowest BCUT2D eigenvalue weighted by Gasteiger charge is -2.18. The zero-order valence-corrected chi connectivity index (χ0v) is 13.1. The van der Waals surface area contributed by atoms with Crippen molar-refractivity contribution in [2.24, 2.45) is 0 Å². The number of anilines is 1. The van der Waals surface area contributed by atoms with E-state index in [9.17, 15) is 9.59 Å². The normalized spacial score (nSPS) is 18.1. The number of hydrogen-bond acceptors (Lipinski definition) is 2. The summed E-state index contributed by atoms with van der Waals surface area (Å²) in [6, 6.07) is 5.98. The smallest absolute Gasteiger partial charge is 0.229 e. The predicted octanol–water partition coefficient (Wildman–Crippen LogP) is 2.72.